The van der Waals surface area contributed by atoms with Gasteiger partial charge in [-0.3, -0.25) is 0 Å². The van der Waals surface area contributed by atoms with Crippen molar-refractivity contribution in [2.75, 3.05) is 0 Å². The molecule has 2 unspecified atom stereocenters. The van der Waals surface area contributed by atoms with Crippen LogP contribution in [0.2, 0.25) is 0 Å². The highest BCUT2D eigenvalue weighted by Gasteiger charge is 2.41. The first kappa shape index (κ1) is 7.40. The van der Waals surface area contributed by atoms with Crippen LogP contribution in [0.4, 0.5) is 0 Å². The fourth-order valence-corrected chi connectivity index (χ4v) is 1.34. The summed E-state index contributed by atoms with van der Waals surface area (Å²) in [6.45, 7) is 4.48. The van der Waals surface area contributed by atoms with Gasteiger partial charge in [0.1, 0.15) is 0 Å². The summed E-state index contributed by atoms with van der Waals surface area (Å²) in [5, 5.41) is 0. The van der Waals surface area contributed by atoms with E-state index in [1.807, 2.05) is 0 Å². The molecule has 0 bridgehead atoms. The van der Waals surface area contributed by atoms with Crippen LogP contribution in [0, 0.1) is 12.3 Å². The second kappa shape index (κ2) is 2.49. The van der Waals surface area contributed by atoms with Crippen LogP contribution in [0.3, 0.4) is 0 Å². The lowest BCUT2D eigenvalue weighted by Gasteiger charge is -2.10. The number of alkyl halides is 1. The molecule has 9 heavy (non-hydrogen) atoms. The summed E-state index contributed by atoms with van der Waals surface area (Å²) in [6, 6.07) is 0. The molecule has 1 aliphatic carbocycles. The minimum absolute atomic E-state index is 0.120. The quantitative estimate of drug-likeness (QED) is 0.536. The summed E-state index contributed by atoms with van der Waals surface area (Å²) < 4.78 is 0. The average Bonchev–Trinajstić information content (AvgIpc) is 2.48. The first-order chi connectivity index (χ1) is 4.16. The van der Waals surface area contributed by atoms with Crippen LogP contribution in [-0.4, -0.2) is 4.87 Å². The second-order valence-corrected chi connectivity index (χ2v) is 3.91. The third-order valence-corrected chi connectivity index (χ3v) is 2.49. The van der Waals surface area contributed by atoms with Gasteiger partial charge in [-0.25, -0.2) is 0 Å². The van der Waals surface area contributed by atoms with Gasteiger partial charge in [-0.05, 0) is 25.2 Å². The number of hydrogen-bond donors (Lipinski definition) is 0. The summed E-state index contributed by atoms with van der Waals surface area (Å²) in [4.78, 5) is 0.120. The van der Waals surface area contributed by atoms with Gasteiger partial charge >= 0.3 is 0 Å². The maximum Gasteiger partial charge on any atom is 0.0484 e. The Hall–Kier alpha value is 0.290. The van der Waals surface area contributed by atoms with Crippen molar-refractivity contribution < 1.29 is 0 Å². The van der Waals surface area contributed by atoms with Crippen molar-refractivity contribution in [2.24, 2.45) is 5.92 Å². The summed E-state index contributed by atoms with van der Waals surface area (Å²) in [7, 11) is 0. The van der Waals surface area contributed by atoms with Crippen molar-refractivity contribution in [1.29, 1.82) is 0 Å². The molecular formula is C8H14Cl. The average molecular weight is 146 g/mol. The lowest BCUT2D eigenvalue weighted by atomic mass is 10.0. The maximum absolute atomic E-state index is 6.06. The van der Waals surface area contributed by atoms with Crippen molar-refractivity contribution in [3.63, 3.8) is 0 Å². The van der Waals surface area contributed by atoms with E-state index >= 15 is 0 Å². The lowest BCUT2D eigenvalue weighted by Crippen LogP contribution is -2.04. The smallest absolute Gasteiger partial charge is 0.0484 e. The van der Waals surface area contributed by atoms with Crippen LogP contribution >= 0.6 is 11.6 Å². The third kappa shape index (κ3) is 2.17. The number of hydrogen-bond acceptors (Lipinski definition) is 0. The molecule has 1 aliphatic rings. The van der Waals surface area contributed by atoms with E-state index in [1.165, 1.54) is 12.8 Å². The highest BCUT2D eigenvalue weighted by molar-refractivity contribution is 6.27. The molecule has 0 N–H and O–H groups in total. The molecule has 1 heteroatoms. The van der Waals surface area contributed by atoms with Crippen LogP contribution in [0.1, 0.15) is 33.1 Å². The molecule has 0 amide bonds. The highest BCUT2D eigenvalue weighted by Crippen LogP contribution is 2.46. The van der Waals surface area contributed by atoms with Crippen LogP contribution in [0.15, 0.2) is 0 Å². The Morgan fingerprint density at radius 1 is 1.78 bits per heavy atom. The van der Waals surface area contributed by atoms with E-state index in [0.29, 0.717) is 0 Å². The van der Waals surface area contributed by atoms with Crippen molar-refractivity contribution >= 4 is 11.6 Å². The van der Waals surface area contributed by atoms with Crippen molar-refractivity contribution in [2.45, 2.75) is 38.0 Å². The Balaban J connectivity index is 2.17. The predicted octanol–water partition coefficient (Wildman–Crippen LogP) is 3.01. The van der Waals surface area contributed by atoms with Crippen LogP contribution in [0.5, 0.6) is 0 Å². The number of halogens is 1. The summed E-state index contributed by atoms with van der Waals surface area (Å²) >= 11 is 6.06. The van der Waals surface area contributed by atoms with E-state index in [4.69, 9.17) is 11.6 Å². The second-order valence-electron chi connectivity index (χ2n) is 3.16. The van der Waals surface area contributed by atoms with E-state index < -0.39 is 0 Å². The molecule has 53 valence electrons. The Morgan fingerprint density at radius 2 is 2.33 bits per heavy atom. The Kier molecular flexibility index (Phi) is 2.05. The molecule has 1 radical (unpaired) electrons. The zero-order valence-corrected chi connectivity index (χ0v) is 6.91. The maximum atomic E-state index is 6.06. The minimum Gasteiger partial charge on any atom is -0.119 e. The number of rotatable bonds is 3. The van der Waals surface area contributed by atoms with Gasteiger partial charge in [-0.1, -0.05) is 20.3 Å². The standard InChI is InChI=1S/C8H14Cl/c1-3-7(2)6-8(9)4-5-8/h4,7H,3,5-6H2,1-2H3. The predicted molar refractivity (Wildman–Crippen MR) is 41.6 cm³/mol. The summed E-state index contributed by atoms with van der Waals surface area (Å²) in [6.07, 6.45) is 5.74. The lowest BCUT2D eigenvalue weighted by molar-refractivity contribution is 0.502. The fourth-order valence-electron chi connectivity index (χ4n) is 1.00. The molecule has 0 nitrogen and oxygen atoms in total. The SMILES string of the molecule is CCC(C)CC1(Cl)[CH]C1. The molecule has 0 aromatic rings. The van der Waals surface area contributed by atoms with Crippen LogP contribution in [-0.2, 0) is 0 Å². The molecule has 0 aromatic heterocycles. The van der Waals surface area contributed by atoms with E-state index in [0.717, 1.165) is 12.3 Å². The minimum atomic E-state index is 0.120. The third-order valence-electron chi connectivity index (χ3n) is 2.03. The Morgan fingerprint density at radius 3 is 2.67 bits per heavy atom. The first-order valence-electron chi connectivity index (χ1n) is 3.69. The molecule has 0 heterocycles. The summed E-state index contributed by atoms with van der Waals surface area (Å²) in [5.74, 6) is 0.793. The zero-order valence-electron chi connectivity index (χ0n) is 6.15. The Bertz CT molecular complexity index is 94.7. The molecule has 0 aromatic carbocycles. The van der Waals surface area contributed by atoms with Crippen LogP contribution in [0.25, 0.3) is 0 Å². The van der Waals surface area contributed by atoms with Crippen molar-refractivity contribution in [1.82, 2.24) is 0 Å². The van der Waals surface area contributed by atoms with Crippen molar-refractivity contribution in [3.05, 3.63) is 6.42 Å². The van der Waals surface area contributed by atoms with E-state index in [9.17, 15) is 0 Å². The molecule has 2 atom stereocenters. The van der Waals surface area contributed by atoms with Crippen molar-refractivity contribution in [3.8, 4) is 0 Å². The van der Waals surface area contributed by atoms with Gasteiger partial charge in [0.2, 0.25) is 0 Å². The topological polar surface area (TPSA) is 0 Å². The fraction of sp³-hybridized carbons (Fsp3) is 0.875. The van der Waals surface area contributed by atoms with Gasteiger partial charge in [0.05, 0.1) is 0 Å². The molecule has 0 aliphatic heterocycles. The van der Waals surface area contributed by atoms with Gasteiger partial charge < -0.3 is 0 Å². The molecule has 0 saturated heterocycles. The van der Waals surface area contributed by atoms with Gasteiger partial charge in [-0.2, -0.15) is 0 Å². The molecular weight excluding hydrogens is 132 g/mol. The normalized spacial score (nSPS) is 25.7. The molecule has 0 spiro atoms. The molecule has 1 fully saturated rings. The van der Waals surface area contributed by atoms with Crippen LogP contribution < -0.4 is 0 Å². The van der Waals surface area contributed by atoms with E-state index in [-0.39, 0.29) is 4.87 Å². The molecule has 1 rings (SSSR count). The van der Waals surface area contributed by atoms with Gasteiger partial charge in [0, 0.05) is 4.87 Å². The zero-order chi connectivity index (χ0) is 6.91. The highest BCUT2D eigenvalue weighted by atomic mass is 35.5. The Labute approximate surface area is 62.6 Å². The first-order valence-corrected chi connectivity index (χ1v) is 4.07. The molecule has 1 saturated carbocycles. The monoisotopic (exact) mass is 145 g/mol. The van der Waals surface area contributed by atoms with E-state index in [1.54, 1.807) is 0 Å². The van der Waals surface area contributed by atoms with E-state index in [2.05, 4.69) is 20.3 Å². The van der Waals surface area contributed by atoms with Gasteiger partial charge in [0.25, 0.3) is 0 Å². The summed E-state index contributed by atoms with van der Waals surface area (Å²) in [5.41, 5.74) is 0. The largest absolute Gasteiger partial charge is 0.119 e. The van der Waals surface area contributed by atoms with Gasteiger partial charge in [-0.15, -0.1) is 11.6 Å². The van der Waals surface area contributed by atoms with Gasteiger partial charge in [0.15, 0.2) is 0 Å².